The smallest absolute Gasteiger partial charge is 0.407 e. The van der Waals surface area contributed by atoms with E-state index in [-0.39, 0.29) is 24.6 Å². The molecule has 2 N–H and O–H groups in total. The van der Waals surface area contributed by atoms with Crippen molar-refractivity contribution in [1.29, 1.82) is 0 Å². The molecule has 2 aromatic carbocycles. The Balaban J connectivity index is 1.32. The maximum absolute atomic E-state index is 12.9. The third-order valence-electron chi connectivity index (χ3n) is 8.13. The zero-order chi connectivity index (χ0) is 36.8. The summed E-state index contributed by atoms with van der Waals surface area (Å²) in [6, 6.07) is 14.0. The van der Waals surface area contributed by atoms with Gasteiger partial charge in [0, 0.05) is 40.0 Å². The molecule has 17 nitrogen and oxygen atoms in total. The molecule has 1 saturated heterocycles. The largest absolute Gasteiger partial charge is 0.480 e. The van der Waals surface area contributed by atoms with Crippen LogP contribution in [0.1, 0.15) is 56.7 Å². The summed E-state index contributed by atoms with van der Waals surface area (Å²) in [6.07, 6.45) is -6.99. The maximum atomic E-state index is 12.9. The number of hydrogen-bond donors (Lipinski definition) is 2. The molecule has 51 heavy (non-hydrogen) atoms. The van der Waals surface area contributed by atoms with Crippen LogP contribution >= 0.6 is 0 Å². The number of rotatable bonds is 12. The van der Waals surface area contributed by atoms with Gasteiger partial charge < -0.3 is 38.8 Å². The number of aliphatic carboxylic acids is 1. The number of amides is 1. The van der Waals surface area contributed by atoms with E-state index in [1.807, 2.05) is 48.5 Å². The zero-order valence-corrected chi connectivity index (χ0v) is 28.0. The van der Waals surface area contributed by atoms with Gasteiger partial charge in [-0.25, -0.2) is 14.3 Å². The summed E-state index contributed by atoms with van der Waals surface area (Å²) in [7, 11) is 0. The third-order valence-corrected chi connectivity index (χ3v) is 8.13. The second kappa shape index (κ2) is 15.8. The molecule has 1 aliphatic carbocycles. The Morgan fingerprint density at radius 2 is 1.35 bits per heavy atom. The van der Waals surface area contributed by atoms with Crippen LogP contribution in [0.15, 0.2) is 54.7 Å². The molecule has 0 radical (unpaired) electrons. The number of carbonyl (C=O) groups excluding carboxylic acids is 5. The van der Waals surface area contributed by atoms with Crippen LogP contribution in [-0.2, 0) is 58.8 Å². The number of alkyl carbamates (subject to hydrolysis) is 1. The van der Waals surface area contributed by atoms with E-state index in [0.717, 1.165) is 54.6 Å². The van der Waals surface area contributed by atoms with Crippen molar-refractivity contribution in [1.82, 2.24) is 20.3 Å². The number of carbonyl (C=O) groups is 6. The number of aromatic nitrogens is 3. The van der Waals surface area contributed by atoms with Crippen LogP contribution < -0.4 is 5.32 Å². The van der Waals surface area contributed by atoms with Crippen LogP contribution in [-0.4, -0.2) is 99.7 Å². The minimum Gasteiger partial charge on any atom is -0.480 e. The first-order valence-corrected chi connectivity index (χ1v) is 15.9. The highest BCUT2D eigenvalue weighted by molar-refractivity contribution is 5.81. The number of carboxylic acids is 1. The summed E-state index contributed by atoms with van der Waals surface area (Å²) in [5.41, 5.74) is 4.10. The lowest BCUT2D eigenvalue weighted by molar-refractivity contribution is -0.270. The number of hydrogen-bond acceptors (Lipinski definition) is 14. The number of benzene rings is 2. The van der Waals surface area contributed by atoms with Crippen molar-refractivity contribution >= 4 is 35.9 Å². The van der Waals surface area contributed by atoms with Gasteiger partial charge in [-0.1, -0.05) is 53.7 Å². The SMILES string of the molecule is CC(=O)OCC1O[C@@H](n2cc(CC(NC(=O)OCC3c4ccccc4-c4ccccc43)C(=O)O)nn2)C(OC(C)=O)C(OC(C)=O)[C@H]1OC(C)=O. The predicted molar refractivity (Wildman–Crippen MR) is 171 cm³/mol. The van der Waals surface area contributed by atoms with Crippen LogP contribution in [0.2, 0.25) is 0 Å². The average Bonchev–Trinajstić information content (AvgIpc) is 3.66. The molecular weight excluding hydrogens is 672 g/mol. The minimum atomic E-state index is -1.50. The van der Waals surface area contributed by atoms with Gasteiger partial charge in [-0.05, 0) is 22.3 Å². The highest BCUT2D eigenvalue weighted by Gasteiger charge is 2.53. The first-order chi connectivity index (χ1) is 24.3. The first-order valence-electron chi connectivity index (χ1n) is 15.9. The molecule has 17 heteroatoms. The quantitative estimate of drug-likeness (QED) is 0.203. The Hall–Kier alpha value is -5.84. The molecule has 1 aromatic heterocycles. The third kappa shape index (κ3) is 8.67. The van der Waals surface area contributed by atoms with Crippen LogP contribution in [0.4, 0.5) is 4.79 Å². The molecule has 1 fully saturated rings. The number of ether oxygens (including phenoxy) is 6. The summed E-state index contributed by atoms with van der Waals surface area (Å²) in [6.45, 7) is 3.93. The highest BCUT2D eigenvalue weighted by atomic mass is 16.7. The summed E-state index contributed by atoms with van der Waals surface area (Å²) in [5, 5.41) is 20.3. The van der Waals surface area contributed by atoms with Gasteiger partial charge in [0.2, 0.25) is 0 Å². The molecule has 2 aliphatic rings. The van der Waals surface area contributed by atoms with Gasteiger partial charge in [-0.15, -0.1) is 5.10 Å². The Labute approximate surface area is 291 Å². The van der Waals surface area contributed by atoms with Gasteiger partial charge in [0.1, 0.15) is 25.4 Å². The van der Waals surface area contributed by atoms with E-state index in [4.69, 9.17) is 28.4 Å². The Morgan fingerprint density at radius 3 is 1.92 bits per heavy atom. The average molecular weight is 709 g/mol. The van der Waals surface area contributed by atoms with Gasteiger partial charge in [-0.2, -0.15) is 0 Å². The van der Waals surface area contributed by atoms with E-state index >= 15 is 0 Å². The molecule has 5 rings (SSSR count). The second-order valence-electron chi connectivity index (χ2n) is 11.8. The number of nitrogens with one attached hydrogen (secondary N) is 1. The number of fused-ring (bicyclic) bond motifs is 3. The monoisotopic (exact) mass is 708 g/mol. The van der Waals surface area contributed by atoms with Crippen molar-refractivity contribution in [3.63, 3.8) is 0 Å². The predicted octanol–water partition coefficient (Wildman–Crippen LogP) is 2.07. The Kier molecular flexibility index (Phi) is 11.3. The molecule has 6 atom stereocenters. The van der Waals surface area contributed by atoms with Crippen molar-refractivity contribution in [2.45, 2.75) is 76.7 Å². The van der Waals surface area contributed by atoms with E-state index in [2.05, 4.69) is 15.6 Å². The van der Waals surface area contributed by atoms with E-state index in [1.54, 1.807) is 0 Å². The molecule has 2 heterocycles. The van der Waals surface area contributed by atoms with Gasteiger partial charge in [0.25, 0.3) is 0 Å². The normalized spacial score (nSPS) is 21.3. The van der Waals surface area contributed by atoms with Gasteiger partial charge in [-0.3, -0.25) is 19.2 Å². The lowest BCUT2D eigenvalue weighted by atomic mass is 9.97. The molecule has 1 amide bonds. The minimum absolute atomic E-state index is 0.0364. The molecule has 1 aliphatic heterocycles. The highest BCUT2D eigenvalue weighted by Crippen LogP contribution is 2.44. The van der Waals surface area contributed by atoms with Crippen LogP contribution in [0, 0.1) is 0 Å². The van der Waals surface area contributed by atoms with E-state index in [9.17, 15) is 33.9 Å². The summed E-state index contributed by atoms with van der Waals surface area (Å²) in [4.78, 5) is 73.0. The van der Waals surface area contributed by atoms with Crippen LogP contribution in [0.3, 0.4) is 0 Å². The molecule has 270 valence electrons. The number of esters is 4. The summed E-state index contributed by atoms with van der Waals surface area (Å²) in [5.74, 6) is -4.73. The van der Waals surface area contributed by atoms with Gasteiger partial charge >= 0.3 is 35.9 Å². The summed E-state index contributed by atoms with van der Waals surface area (Å²) >= 11 is 0. The van der Waals surface area contributed by atoms with Gasteiger partial charge in [0.15, 0.2) is 24.5 Å². The second-order valence-corrected chi connectivity index (χ2v) is 11.8. The fourth-order valence-corrected chi connectivity index (χ4v) is 6.14. The van der Waals surface area contributed by atoms with Crippen molar-refractivity contribution < 1.29 is 62.3 Å². The number of nitrogens with zero attached hydrogens (tertiary/aromatic N) is 3. The standard InChI is InChI=1S/C34H36N4O13/c1-17(39)46-16-28-29(48-18(2)40)30(49-19(3)41)31(50-20(4)42)32(51-28)38-14-21(36-37-38)13-27(33(43)44)35-34(45)47-15-26-24-11-7-5-9-22(24)23-10-6-8-12-25(23)26/h5-12,14,26-32H,13,15-16H2,1-4H3,(H,35,45)(H,43,44)/t27?,28?,29-,30?,31?,32+/m0/s1. The maximum Gasteiger partial charge on any atom is 0.407 e. The lowest BCUT2D eigenvalue weighted by Crippen LogP contribution is -2.60. The van der Waals surface area contributed by atoms with E-state index in [0.29, 0.717) is 0 Å². The molecule has 0 saturated carbocycles. The van der Waals surface area contributed by atoms with Gasteiger partial charge in [0.05, 0.1) is 11.9 Å². The molecule has 4 unspecified atom stereocenters. The van der Waals surface area contributed by atoms with Crippen LogP contribution in [0.5, 0.6) is 0 Å². The van der Waals surface area contributed by atoms with E-state index < -0.39 is 79.2 Å². The Bertz CT molecular complexity index is 1760. The Morgan fingerprint density at radius 1 is 0.784 bits per heavy atom. The topological polar surface area (TPSA) is 221 Å². The summed E-state index contributed by atoms with van der Waals surface area (Å²) < 4.78 is 34.0. The van der Waals surface area contributed by atoms with Crippen LogP contribution in [0.25, 0.3) is 11.1 Å². The van der Waals surface area contributed by atoms with E-state index in [1.165, 1.54) is 6.20 Å². The fraction of sp³-hybridized carbons (Fsp3) is 0.412. The first kappa shape index (κ1) is 36.4. The zero-order valence-electron chi connectivity index (χ0n) is 28.0. The molecule has 3 aromatic rings. The molecule has 0 bridgehead atoms. The molecule has 0 spiro atoms. The van der Waals surface area contributed by atoms with Crippen molar-refractivity contribution in [2.75, 3.05) is 13.2 Å². The molecular formula is C34H36N4O13. The van der Waals surface area contributed by atoms with Crippen molar-refractivity contribution in [2.24, 2.45) is 0 Å². The van der Waals surface area contributed by atoms with Crippen molar-refractivity contribution in [3.05, 3.63) is 71.5 Å². The lowest BCUT2D eigenvalue weighted by Gasteiger charge is -2.44. The fourth-order valence-electron chi connectivity index (χ4n) is 6.14. The van der Waals surface area contributed by atoms with Crippen molar-refractivity contribution in [3.8, 4) is 11.1 Å². The number of carboxylic acid groups (broad SMARTS) is 1.